The number of ether oxygens (including phenoxy) is 1. The molecule has 3 aromatic carbocycles. The number of nitrogens with zero attached hydrogens (tertiary/aromatic N) is 3. The Kier molecular flexibility index (Phi) is 5.83. The van der Waals surface area contributed by atoms with E-state index >= 15 is 0 Å². The van der Waals surface area contributed by atoms with Crippen molar-refractivity contribution >= 4 is 35.1 Å². The molecule has 3 amide bonds. The van der Waals surface area contributed by atoms with E-state index in [0.29, 0.717) is 40.5 Å². The van der Waals surface area contributed by atoms with Gasteiger partial charge in [0, 0.05) is 23.5 Å². The first kappa shape index (κ1) is 22.7. The Labute approximate surface area is 206 Å². The minimum absolute atomic E-state index is 0.236. The highest BCUT2D eigenvalue weighted by Crippen LogP contribution is 2.55. The summed E-state index contributed by atoms with van der Waals surface area (Å²) in [4.78, 5) is 29.4. The number of amides is 3. The number of thioether (sulfide) groups is 1. The van der Waals surface area contributed by atoms with E-state index in [1.165, 1.54) is 40.9 Å². The maximum Gasteiger partial charge on any atom is 0.323 e. The normalized spacial score (nSPS) is 18.5. The van der Waals surface area contributed by atoms with Crippen molar-refractivity contribution in [3.05, 3.63) is 89.2 Å². The number of methoxy groups -OCH3 is 1. The van der Waals surface area contributed by atoms with Gasteiger partial charge < -0.3 is 15.0 Å². The lowest BCUT2D eigenvalue weighted by molar-refractivity contribution is -0.123. The Hall–Kier alpha value is -4.03. The summed E-state index contributed by atoms with van der Waals surface area (Å²) in [5, 5.41) is 12.1. The third-order valence-electron chi connectivity index (χ3n) is 6.14. The Balaban J connectivity index is 1.54. The molecule has 1 fully saturated rings. The number of halogens is 1. The molecule has 9 heteroatoms. The van der Waals surface area contributed by atoms with Crippen molar-refractivity contribution in [3.63, 3.8) is 0 Å². The van der Waals surface area contributed by atoms with Crippen LogP contribution in [0.5, 0.6) is 5.75 Å². The molecule has 2 aliphatic heterocycles. The van der Waals surface area contributed by atoms with Crippen LogP contribution in [-0.2, 0) is 16.2 Å². The molecular formula is C26H21FN4O3S. The van der Waals surface area contributed by atoms with E-state index in [0.717, 1.165) is 5.56 Å². The summed E-state index contributed by atoms with van der Waals surface area (Å²) in [7, 11) is 1.55. The van der Waals surface area contributed by atoms with Gasteiger partial charge in [0.2, 0.25) is 0 Å². The summed E-state index contributed by atoms with van der Waals surface area (Å²) >= 11 is 1.40. The highest BCUT2D eigenvalue weighted by atomic mass is 32.2. The summed E-state index contributed by atoms with van der Waals surface area (Å²) in [6.45, 7) is 0.612. The van der Waals surface area contributed by atoms with Gasteiger partial charge in [0.25, 0.3) is 5.91 Å². The number of anilines is 2. The number of benzene rings is 3. The first-order chi connectivity index (χ1) is 17.0. The molecule has 2 aliphatic rings. The Morgan fingerprint density at radius 1 is 1.20 bits per heavy atom. The quantitative estimate of drug-likeness (QED) is 0.576. The van der Waals surface area contributed by atoms with Crippen LogP contribution < -0.4 is 15.0 Å². The molecular weight excluding hydrogens is 467 g/mol. The van der Waals surface area contributed by atoms with Crippen LogP contribution in [0.1, 0.15) is 16.7 Å². The second-order valence-electron chi connectivity index (χ2n) is 8.17. The largest absolute Gasteiger partial charge is 0.497 e. The average Bonchev–Trinajstić information content (AvgIpc) is 3.42. The molecule has 5 rings (SSSR count). The molecule has 0 aromatic heterocycles. The summed E-state index contributed by atoms with van der Waals surface area (Å²) in [6.07, 6.45) is 0. The summed E-state index contributed by atoms with van der Waals surface area (Å²) in [5.74, 6) is 0.506. The lowest BCUT2D eigenvalue weighted by Gasteiger charge is -2.33. The average molecular weight is 489 g/mol. The van der Waals surface area contributed by atoms with E-state index in [9.17, 15) is 19.2 Å². The molecule has 2 heterocycles. The summed E-state index contributed by atoms with van der Waals surface area (Å²) < 4.78 is 18.8. The van der Waals surface area contributed by atoms with Gasteiger partial charge in [-0.15, -0.1) is 11.8 Å². The van der Waals surface area contributed by atoms with Crippen LogP contribution in [0.3, 0.4) is 0 Å². The third-order valence-corrected chi connectivity index (χ3v) is 7.56. The molecule has 3 aromatic rings. The smallest absolute Gasteiger partial charge is 0.323 e. The Bertz CT molecular complexity index is 1360. The highest BCUT2D eigenvalue weighted by Gasteiger charge is 2.59. The molecule has 0 aliphatic carbocycles. The molecule has 176 valence electrons. The minimum atomic E-state index is -1.26. The van der Waals surface area contributed by atoms with Crippen LogP contribution in [0.2, 0.25) is 0 Å². The molecule has 1 N–H and O–H groups in total. The Morgan fingerprint density at radius 3 is 2.74 bits per heavy atom. The van der Waals surface area contributed by atoms with Gasteiger partial charge in [0.1, 0.15) is 11.6 Å². The number of carbonyl (C=O) groups is 2. The van der Waals surface area contributed by atoms with Gasteiger partial charge in [-0.05, 0) is 60.2 Å². The molecule has 7 nitrogen and oxygen atoms in total. The minimum Gasteiger partial charge on any atom is -0.497 e. The fraction of sp³-hybridized carbons (Fsp3) is 0.192. The van der Waals surface area contributed by atoms with Crippen molar-refractivity contribution in [2.45, 2.75) is 11.4 Å². The van der Waals surface area contributed by atoms with Crippen molar-refractivity contribution in [2.75, 3.05) is 29.6 Å². The zero-order valence-electron chi connectivity index (χ0n) is 18.8. The van der Waals surface area contributed by atoms with E-state index in [1.54, 1.807) is 42.3 Å². The standard InChI is InChI=1S/C26H21FN4O3S/c1-34-21-9-10-23-22(14-21)26(24(32)30(23)16-18-4-2-3-17(13-18)15-28)31(11-12-35-26)25(33)29-20-7-5-19(27)6-8-20/h2-10,13-14H,11-12,16H2,1H3,(H,29,33). The number of carbonyl (C=O) groups excluding carboxylic acids is 2. The molecule has 1 saturated heterocycles. The predicted octanol–water partition coefficient (Wildman–Crippen LogP) is 4.69. The predicted molar refractivity (Wildman–Crippen MR) is 132 cm³/mol. The van der Waals surface area contributed by atoms with Crippen molar-refractivity contribution < 1.29 is 18.7 Å². The maximum absolute atomic E-state index is 14.1. The summed E-state index contributed by atoms with van der Waals surface area (Å²) in [5.41, 5.74) is 3.11. The fourth-order valence-corrected chi connectivity index (χ4v) is 5.98. The first-order valence-corrected chi connectivity index (χ1v) is 11.9. The topological polar surface area (TPSA) is 85.7 Å². The summed E-state index contributed by atoms with van der Waals surface area (Å²) in [6, 6.07) is 19.7. The maximum atomic E-state index is 14.1. The van der Waals surface area contributed by atoms with Crippen molar-refractivity contribution in [1.29, 1.82) is 5.26 Å². The van der Waals surface area contributed by atoms with Crippen LogP contribution in [-0.4, -0.2) is 36.2 Å². The van der Waals surface area contributed by atoms with Crippen LogP contribution in [0.15, 0.2) is 66.7 Å². The van der Waals surface area contributed by atoms with Crippen molar-refractivity contribution in [1.82, 2.24) is 4.90 Å². The van der Waals surface area contributed by atoms with E-state index in [4.69, 9.17) is 4.74 Å². The SMILES string of the molecule is COc1ccc2c(c1)C1(SCCN1C(=O)Nc1ccc(F)cc1)C(=O)N2Cc1cccc(C#N)c1. The molecule has 35 heavy (non-hydrogen) atoms. The van der Waals surface area contributed by atoms with Crippen molar-refractivity contribution in [2.24, 2.45) is 0 Å². The number of nitrogens with one attached hydrogen (secondary N) is 1. The molecule has 0 bridgehead atoms. The van der Waals surface area contributed by atoms with Gasteiger partial charge in [0.15, 0.2) is 4.87 Å². The monoisotopic (exact) mass is 488 g/mol. The van der Waals surface area contributed by atoms with Gasteiger partial charge in [-0.2, -0.15) is 5.26 Å². The van der Waals surface area contributed by atoms with E-state index in [2.05, 4.69) is 11.4 Å². The number of rotatable bonds is 4. The zero-order valence-corrected chi connectivity index (χ0v) is 19.6. The Morgan fingerprint density at radius 2 is 2.00 bits per heavy atom. The molecule has 1 atom stereocenters. The molecule has 0 radical (unpaired) electrons. The first-order valence-electron chi connectivity index (χ1n) is 10.9. The number of nitriles is 1. The van der Waals surface area contributed by atoms with Crippen LogP contribution in [0.4, 0.5) is 20.6 Å². The van der Waals surface area contributed by atoms with E-state index < -0.39 is 16.7 Å². The van der Waals surface area contributed by atoms with Gasteiger partial charge in [-0.25, -0.2) is 9.18 Å². The zero-order chi connectivity index (χ0) is 24.6. The second kappa shape index (κ2) is 8.96. The van der Waals surface area contributed by atoms with Gasteiger partial charge >= 0.3 is 6.03 Å². The van der Waals surface area contributed by atoms with Gasteiger partial charge in [-0.3, -0.25) is 9.69 Å². The lowest BCUT2D eigenvalue weighted by atomic mass is 10.1. The number of hydrogen-bond acceptors (Lipinski definition) is 5. The fourth-order valence-electron chi connectivity index (χ4n) is 4.52. The molecule has 1 spiro atoms. The van der Waals surface area contributed by atoms with Gasteiger partial charge in [0.05, 0.1) is 31.0 Å². The van der Waals surface area contributed by atoms with Gasteiger partial charge in [-0.1, -0.05) is 12.1 Å². The van der Waals surface area contributed by atoms with Crippen LogP contribution >= 0.6 is 11.8 Å². The third kappa shape index (κ3) is 3.86. The highest BCUT2D eigenvalue weighted by molar-refractivity contribution is 8.01. The second-order valence-corrected chi connectivity index (χ2v) is 9.46. The number of fused-ring (bicyclic) bond motifs is 2. The molecule has 0 saturated carbocycles. The van der Waals surface area contributed by atoms with Crippen LogP contribution in [0, 0.1) is 17.1 Å². The number of urea groups is 1. The van der Waals surface area contributed by atoms with E-state index in [1.807, 2.05) is 12.1 Å². The lowest BCUT2D eigenvalue weighted by Crippen LogP contribution is -2.51. The van der Waals surface area contributed by atoms with Crippen molar-refractivity contribution in [3.8, 4) is 11.8 Å². The molecule has 1 unspecified atom stereocenters. The number of hydrogen-bond donors (Lipinski definition) is 1. The van der Waals surface area contributed by atoms with Crippen LogP contribution in [0.25, 0.3) is 0 Å². The van der Waals surface area contributed by atoms with E-state index in [-0.39, 0.29) is 12.5 Å².